The number of aliphatic hydroxyl groups excluding tert-OH is 1. The van der Waals surface area contributed by atoms with E-state index in [1.165, 1.54) is 0 Å². The van der Waals surface area contributed by atoms with E-state index in [1.54, 1.807) is 17.5 Å². The number of aromatic nitrogens is 1. The fourth-order valence-corrected chi connectivity index (χ4v) is 2.11. The maximum Gasteiger partial charge on any atom is 0.129 e. The van der Waals surface area contributed by atoms with Gasteiger partial charge in [0.05, 0.1) is 0 Å². The monoisotopic (exact) mass is 220 g/mol. The van der Waals surface area contributed by atoms with E-state index in [0.717, 1.165) is 11.1 Å². The molecule has 0 aliphatic rings. The molecule has 3 nitrogen and oxygen atoms in total. The van der Waals surface area contributed by atoms with Gasteiger partial charge in [-0.3, -0.25) is 0 Å². The summed E-state index contributed by atoms with van der Waals surface area (Å²) in [4.78, 5) is 4.03. The molecule has 2 rings (SSSR count). The summed E-state index contributed by atoms with van der Waals surface area (Å²) in [6.07, 6.45) is 1.02. The zero-order chi connectivity index (χ0) is 10.8. The van der Waals surface area contributed by atoms with E-state index in [1.807, 2.05) is 29.8 Å². The SMILES string of the molecule is Cc1cnc(N)c(C(O)c2ccsc2)c1. The number of aryl methyl sites for hydroxylation is 1. The van der Waals surface area contributed by atoms with E-state index in [4.69, 9.17) is 5.73 Å². The molecule has 15 heavy (non-hydrogen) atoms. The van der Waals surface area contributed by atoms with Gasteiger partial charge in [-0.2, -0.15) is 11.3 Å². The number of hydrogen-bond acceptors (Lipinski definition) is 4. The van der Waals surface area contributed by atoms with Crippen molar-refractivity contribution in [3.05, 3.63) is 45.8 Å². The minimum absolute atomic E-state index is 0.388. The molecule has 3 N–H and O–H groups in total. The summed E-state index contributed by atoms with van der Waals surface area (Å²) in [5, 5.41) is 13.9. The van der Waals surface area contributed by atoms with Crippen molar-refractivity contribution in [1.82, 2.24) is 4.98 Å². The molecule has 2 aromatic heterocycles. The summed E-state index contributed by atoms with van der Waals surface area (Å²) in [6.45, 7) is 1.93. The van der Waals surface area contributed by atoms with Crippen molar-refractivity contribution in [2.75, 3.05) is 5.73 Å². The van der Waals surface area contributed by atoms with Gasteiger partial charge in [-0.05, 0) is 40.9 Å². The molecule has 0 radical (unpaired) electrons. The molecule has 0 saturated carbocycles. The average molecular weight is 220 g/mol. The highest BCUT2D eigenvalue weighted by molar-refractivity contribution is 7.07. The molecular formula is C11H12N2OS. The highest BCUT2D eigenvalue weighted by atomic mass is 32.1. The van der Waals surface area contributed by atoms with Crippen LogP contribution in [0.15, 0.2) is 29.1 Å². The van der Waals surface area contributed by atoms with E-state index in [0.29, 0.717) is 11.4 Å². The van der Waals surface area contributed by atoms with Gasteiger partial charge >= 0.3 is 0 Å². The molecule has 0 aliphatic heterocycles. The molecule has 0 aromatic carbocycles. The third kappa shape index (κ3) is 2.00. The molecular weight excluding hydrogens is 208 g/mol. The second-order valence-electron chi connectivity index (χ2n) is 3.45. The van der Waals surface area contributed by atoms with E-state index in [-0.39, 0.29) is 0 Å². The van der Waals surface area contributed by atoms with Crippen molar-refractivity contribution in [3.8, 4) is 0 Å². The minimum atomic E-state index is -0.677. The highest BCUT2D eigenvalue weighted by Crippen LogP contribution is 2.27. The summed E-state index contributed by atoms with van der Waals surface area (Å²) < 4.78 is 0. The molecule has 0 fully saturated rings. The Morgan fingerprint density at radius 3 is 3.00 bits per heavy atom. The quantitative estimate of drug-likeness (QED) is 0.815. The zero-order valence-corrected chi connectivity index (χ0v) is 9.16. The normalized spacial score (nSPS) is 12.7. The van der Waals surface area contributed by atoms with Crippen LogP contribution in [-0.2, 0) is 0 Å². The van der Waals surface area contributed by atoms with Crippen molar-refractivity contribution >= 4 is 17.2 Å². The standard InChI is InChI=1S/C11H12N2OS/c1-7-4-9(11(12)13-5-7)10(14)8-2-3-15-6-8/h2-6,10,14H,1H3,(H2,12,13). The first-order valence-electron chi connectivity index (χ1n) is 4.60. The minimum Gasteiger partial charge on any atom is -0.383 e. The van der Waals surface area contributed by atoms with Crippen molar-refractivity contribution < 1.29 is 5.11 Å². The van der Waals surface area contributed by atoms with Gasteiger partial charge in [0, 0.05) is 11.8 Å². The van der Waals surface area contributed by atoms with Crippen molar-refractivity contribution in [2.45, 2.75) is 13.0 Å². The van der Waals surface area contributed by atoms with Crippen molar-refractivity contribution in [1.29, 1.82) is 0 Å². The molecule has 0 spiro atoms. The predicted molar refractivity (Wildman–Crippen MR) is 61.8 cm³/mol. The fraction of sp³-hybridized carbons (Fsp3) is 0.182. The van der Waals surface area contributed by atoms with Crippen LogP contribution in [-0.4, -0.2) is 10.1 Å². The Kier molecular flexibility index (Phi) is 2.70. The number of pyridine rings is 1. The largest absolute Gasteiger partial charge is 0.383 e. The number of nitrogen functional groups attached to an aromatic ring is 1. The maximum absolute atomic E-state index is 10.1. The Labute approximate surface area is 92.2 Å². The molecule has 1 unspecified atom stereocenters. The molecule has 0 aliphatic carbocycles. The summed E-state index contributed by atoms with van der Waals surface area (Å²) >= 11 is 1.55. The van der Waals surface area contributed by atoms with Crippen LogP contribution >= 0.6 is 11.3 Å². The molecule has 2 heterocycles. The molecule has 1 atom stereocenters. The highest BCUT2D eigenvalue weighted by Gasteiger charge is 2.14. The summed E-state index contributed by atoms with van der Waals surface area (Å²) in [5.41, 5.74) is 8.26. The Morgan fingerprint density at radius 1 is 1.53 bits per heavy atom. The van der Waals surface area contributed by atoms with Gasteiger partial charge in [0.25, 0.3) is 0 Å². The van der Waals surface area contributed by atoms with Gasteiger partial charge in [-0.1, -0.05) is 0 Å². The number of hydrogen-bond donors (Lipinski definition) is 2. The Balaban J connectivity index is 2.41. The topological polar surface area (TPSA) is 59.1 Å². The summed E-state index contributed by atoms with van der Waals surface area (Å²) in [6, 6.07) is 3.75. The van der Waals surface area contributed by atoms with E-state index >= 15 is 0 Å². The van der Waals surface area contributed by atoms with Crippen LogP contribution in [0.4, 0.5) is 5.82 Å². The number of aliphatic hydroxyl groups is 1. The fourth-order valence-electron chi connectivity index (χ4n) is 1.43. The van der Waals surface area contributed by atoms with Gasteiger partial charge < -0.3 is 10.8 Å². The van der Waals surface area contributed by atoms with Gasteiger partial charge in [0.15, 0.2) is 0 Å². The molecule has 0 saturated heterocycles. The van der Waals surface area contributed by atoms with Crippen LogP contribution in [0.25, 0.3) is 0 Å². The van der Waals surface area contributed by atoms with Crippen molar-refractivity contribution in [3.63, 3.8) is 0 Å². The van der Waals surface area contributed by atoms with Crippen LogP contribution < -0.4 is 5.73 Å². The van der Waals surface area contributed by atoms with Crippen molar-refractivity contribution in [2.24, 2.45) is 0 Å². The smallest absolute Gasteiger partial charge is 0.129 e. The van der Waals surface area contributed by atoms with E-state index in [2.05, 4.69) is 4.98 Å². The summed E-state index contributed by atoms with van der Waals surface area (Å²) in [7, 11) is 0. The molecule has 78 valence electrons. The second kappa shape index (κ2) is 4.00. The second-order valence-corrected chi connectivity index (χ2v) is 4.23. The Hall–Kier alpha value is -1.39. The van der Waals surface area contributed by atoms with Crippen LogP contribution in [0, 0.1) is 6.92 Å². The number of nitrogens with zero attached hydrogens (tertiary/aromatic N) is 1. The van der Waals surface area contributed by atoms with Gasteiger partial charge in [-0.15, -0.1) is 0 Å². The molecule has 2 aromatic rings. The number of rotatable bonds is 2. The van der Waals surface area contributed by atoms with Crippen LogP contribution in [0.1, 0.15) is 22.8 Å². The number of thiophene rings is 1. The molecule has 0 amide bonds. The lowest BCUT2D eigenvalue weighted by Crippen LogP contribution is -2.05. The number of anilines is 1. The van der Waals surface area contributed by atoms with E-state index < -0.39 is 6.10 Å². The van der Waals surface area contributed by atoms with Crippen LogP contribution in [0.2, 0.25) is 0 Å². The van der Waals surface area contributed by atoms with Gasteiger partial charge in [0.2, 0.25) is 0 Å². The number of nitrogens with two attached hydrogens (primary N) is 1. The molecule has 0 bridgehead atoms. The maximum atomic E-state index is 10.1. The third-order valence-electron chi connectivity index (χ3n) is 2.24. The first-order chi connectivity index (χ1) is 7.18. The first-order valence-corrected chi connectivity index (χ1v) is 5.55. The van der Waals surface area contributed by atoms with Gasteiger partial charge in [-0.25, -0.2) is 4.98 Å². The first kappa shape index (κ1) is 10.1. The zero-order valence-electron chi connectivity index (χ0n) is 8.34. The van der Waals surface area contributed by atoms with E-state index in [9.17, 15) is 5.11 Å². The average Bonchev–Trinajstić information content (AvgIpc) is 2.74. The third-order valence-corrected chi connectivity index (χ3v) is 2.94. The van der Waals surface area contributed by atoms with Crippen LogP contribution in [0.3, 0.4) is 0 Å². The van der Waals surface area contributed by atoms with Gasteiger partial charge in [0.1, 0.15) is 11.9 Å². The predicted octanol–water partition coefficient (Wildman–Crippen LogP) is 2.12. The Morgan fingerprint density at radius 2 is 2.33 bits per heavy atom. The Bertz CT molecular complexity index is 454. The summed E-state index contributed by atoms with van der Waals surface area (Å²) in [5.74, 6) is 0.388. The lowest BCUT2D eigenvalue weighted by Gasteiger charge is -2.11. The lowest BCUT2D eigenvalue weighted by molar-refractivity contribution is 0.221. The lowest BCUT2D eigenvalue weighted by atomic mass is 10.0. The molecule has 4 heteroatoms. The van der Waals surface area contributed by atoms with Crippen LogP contribution in [0.5, 0.6) is 0 Å².